The Bertz CT molecular complexity index is 906. The average molecular weight is 461 g/mol. The molecule has 4 rings (SSSR count). The minimum Gasteiger partial charge on any atom is -0.508 e. The molecule has 1 aromatic carbocycles. The van der Waals surface area contributed by atoms with Gasteiger partial charge in [0.15, 0.2) is 0 Å². The summed E-state index contributed by atoms with van der Waals surface area (Å²) in [4.78, 5) is 26.6. The maximum atomic E-state index is 13.4. The van der Waals surface area contributed by atoms with E-state index in [2.05, 4.69) is 25.1 Å². The van der Waals surface area contributed by atoms with Crippen LogP contribution in [0, 0.1) is 11.8 Å². The molecule has 1 aromatic rings. The number of benzene rings is 1. The third kappa shape index (κ3) is 5.18. The second-order valence-corrected chi connectivity index (χ2v) is 15.8. The van der Waals surface area contributed by atoms with Crippen LogP contribution in [0.25, 0.3) is 5.57 Å². The normalized spacial score (nSPS) is 22.0. The minimum atomic E-state index is -1.36. The number of esters is 2. The topological polar surface area (TPSA) is 88.1 Å². The summed E-state index contributed by atoms with van der Waals surface area (Å²) in [6.07, 6.45) is 1.29. The Morgan fingerprint density at radius 1 is 1.16 bits per heavy atom. The average Bonchev–Trinajstić information content (AvgIpc) is 2.69. The largest absolute Gasteiger partial charge is 0.508 e. The molecular formula is C24H36N2O5Si. The van der Waals surface area contributed by atoms with Crippen LogP contribution in [0.3, 0.4) is 0 Å². The minimum absolute atomic E-state index is 0.128. The number of phenols is 1. The Balaban J connectivity index is 2.04. The lowest BCUT2D eigenvalue weighted by atomic mass is 9.60. The number of ether oxygens (including phenoxy) is 2. The number of allylic oxidation sites excluding steroid dienone is 1. The second kappa shape index (κ2) is 9.66. The van der Waals surface area contributed by atoms with Crippen LogP contribution in [-0.2, 0) is 19.1 Å². The second-order valence-electron chi connectivity index (χ2n) is 10.1. The summed E-state index contributed by atoms with van der Waals surface area (Å²) in [6.45, 7) is 9.32. The molecule has 2 bridgehead atoms. The van der Waals surface area contributed by atoms with Gasteiger partial charge in [-0.25, -0.2) is 5.01 Å². The van der Waals surface area contributed by atoms with E-state index in [9.17, 15) is 14.7 Å². The summed E-state index contributed by atoms with van der Waals surface area (Å²) in [5, 5.41) is 12.0. The van der Waals surface area contributed by atoms with Crippen molar-refractivity contribution in [2.75, 3.05) is 27.3 Å². The maximum Gasteiger partial charge on any atom is 0.314 e. The molecule has 176 valence electrons. The van der Waals surface area contributed by atoms with Gasteiger partial charge in [0.1, 0.15) is 5.75 Å². The van der Waals surface area contributed by atoms with Gasteiger partial charge < -0.3 is 20.0 Å². The third-order valence-electron chi connectivity index (χ3n) is 6.01. The van der Waals surface area contributed by atoms with E-state index >= 15 is 0 Å². The number of hydrazine groups is 1. The zero-order chi connectivity index (χ0) is 23.6. The number of aromatic hydroxyl groups is 1. The van der Waals surface area contributed by atoms with E-state index in [-0.39, 0.29) is 17.6 Å². The lowest BCUT2D eigenvalue weighted by Gasteiger charge is -2.45. The van der Waals surface area contributed by atoms with Crippen LogP contribution in [0.15, 0.2) is 23.9 Å². The van der Waals surface area contributed by atoms with E-state index < -0.39 is 25.9 Å². The van der Waals surface area contributed by atoms with Crippen molar-refractivity contribution in [2.24, 2.45) is 11.8 Å². The SMILES string of the molecule is CCCOC(=O)[C@@H]1C2=C(NN(C)C)CC(c3ccc(O)cc32)C1C(=O)OCC[Si](C)(C)C. The third-order valence-corrected chi connectivity index (χ3v) is 7.71. The molecule has 3 atom stereocenters. The van der Waals surface area contributed by atoms with E-state index in [0.717, 1.165) is 28.4 Å². The van der Waals surface area contributed by atoms with E-state index in [1.165, 1.54) is 0 Å². The van der Waals surface area contributed by atoms with Crippen molar-refractivity contribution in [3.05, 3.63) is 35.0 Å². The highest BCUT2D eigenvalue weighted by atomic mass is 28.3. The monoisotopic (exact) mass is 460 g/mol. The highest BCUT2D eigenvalue weighted by Crippen LogP contribution is 2.55. The van der Waals surface area contributed by atoms with Crippen molar-refractivity contribution in [2.45, 2.75) is 51.4 Å². The molecule has 32 heavy (non-hydrogen) atoms. The molecule has 0 aliphatic heterocycles. The van der Waals surface area contributed by atoms with Crippen LogP contribution in [0.1, 0.15) is 36.8 Å². The van der Waals surface area contributed by atoms with Gasteiger partial charge in [-0.2, -0.15) is 0 Å². The number of fused-ring (bicyclic) bond motifs is 2. The smallest absolute Gasteiger partial charge is 0.314 e. The summed E-state index contributed by atoms with van der Waals surface area (Å²) in [6, 6.07) is 6.05. The Kier molecular flexibility index (Phi) is 7.35. The van der Waals surface area contributed by atoms with Gasteiger partial charge in [0, 0.05) is 33.8 Å². The number of nitrogens with one attached hydrogen (secondary N) is 1. The summed E-state index contributed by atoms with van der Waals surface area (Å²) in [7, 11) is 2.40. The molecule has 0 amide bonds. The first-order chi connectivity index (χ1) is 15.0. The number of carbonyl (C=O) groups excluding carboxylic acids is 2. The maximum absolute atomic E-state index is 13.4. The highest BCUT2D eigenvalue weighted by molar-refractivity contribution is 6.76. The van der Waals surface area contributed by atoms with Crippen molar-refractivity contribution < 1.29 is 24.2 Å². The van der Waals surface area contributed by atoms with E-state index in [1.807, 2.05) is 32.1 Å². The van der Waals surface area contributed by atoms with Gasteiger partial charge in [0.05, 0.1) is 25.0 Å². The molecule has 3 aliphatic carbocycles. The molecule has 8 heteroatoms. The van der Waals surface area contributed by atoms with Crippen LogP contribution >= 0.6 is 0 Å². The quantitative estimate of drug-likeness (QED) is 0.330. The molecule has 2 N–H and O–H groups in total. The fourth-order valence-corrected chi connectivity index (χ4v) is 5.29. The predicted octanol–water partition coefficient (Wildman–Crippen LogP) is 3.74. The summed E-state index contributed by atoms with van der Waals surface area (Å²) >= 11 is 0. The van der Waals surface area contributed by atoms with Gasteiger partial charge in [-0.15, -0.1) is 0 Å². The Labute approximate surface area is 191 Å². The summed E-state index contributed by atoms with van der Waals surface area (Å²) < 4.78 is 11.3. The molecule has 0 heterocycles. The number of nitrogens with zero attached hydrogens (tertiary/aromatic N) is 1. The first-order valence-electron chi connectivity index (χ1n) is 11.4. The number of rotatable bonds is 9. The van der Waals surface area contributed by atoms with Crippen LogP contribution in [0.4, 0.5) is 0 Å². The molecule has 0 aromatic heterocycles. The van der Waals surface area contributed by atoms with Gasteiger partial charge in [0.2, 0.25) is 0 Å². The molecule has 0 radical (unpaired) electrons. The zero-order valence-corrected chi connectivity index (χ0v) is 21.0. The van der Waals surface area contributed by atoms with Gasteiger partial charge >= 0.3 is 11.9 Å². The molecular weight excluding hydrogens is 424 g/mol. The molecule has 0 spiro atoms. The van der Waals surface area contributed by atoms with Crippen LogP contribution in [-0.4, -0.2) is 57.4 Å². The van der Waals surface area contributed by atoms with Crippen LogP contribution in [0.2, 0.25) is 25.7 Å². The van der Waals surface area contributed by atoms with Gasteiger partial charge in [-0.3, -0.25) is 9.59 Å². The van der Waals surface area contributed by atoms with E-state index in [0.29, 0.717) is 26.1 Å². The van der Waals surface area contributed by atoms with Crippen molar-refractivity contribution in [3.63, 3.8) is 0 Å². The van der Waals surface area contributed by atoms with Gasteiger partial charge in [-0.1, -0.05) is 32.6 Å². The first kappa shape index (κ1) is 24.3. The Hall–Kier alpha value is -2.32. The predicted molar refractivity (Wildman–Crippen MR) is 127 cm³/mol. The van der Waals surface area contributed by atoms with Crippen LogP contribution < -0.4 is 5.43 Å². The van der Waals surface area contributed by atoms with E-state index in [1.54, 1.807) is 12.1 Å². The molecule has 2 unspecified atom stereocenters. The lowest BCUT2D eigenvalue weighted by Crippen LogP contribution is -2.47. The van der Waals surface area contributed by atoms with Crippen LogP contribution in [0.5, 0.6) is 5.75 Å². The van der Waals surface area contributed by atoms with Gasteiger partial charge in [-0.05, 0) is 47.7 Å². The number of phenolic OH excluding ortho intramolecular Hbond substituents is 1. The summed E-state index contributed by atoms with van der Waals surface area (Å²) in [5.74, 6) is -2.26. The fourth-order valence-electron chi connectivity index (χ4n) is 4.58. The molecule has 0 fully saturated rings. The lowest BCUT2D eigenvalue weighted by molar-refractivity contribution is -0.160. The van der Waals surface area contributed by atoms with Crippen molar-refractivity contribution in [1.29, 1.82) is 0 Å². The Morgan fingerprint density at radius 2 is 1.84 bits per heavy atom. The number of hydrogen-bond acceptors (Lipinski definition) is 7. The molecule has 0 saturated carbocycles. The number of carbonyl (C=O) groups is 2. The molecule has 7 nitrogen and oxygen atoms in total. The van der Waals surface area contributed by atoms with E-state index in [4.69, 9.17) is 9.47 Å². The van der Waals surface area contributed by atoms with Gasteiger partial charge in [0.25, 0.3) is 0 Å². The number of hydrogen-bond donors (Lipinski definition) is 2. The zero-order valence-electron chi connectivity index (χ0n) is 20.0. The van der Waals surface area contributed by atoms with Crippen molar-refractivity contribution in [1.82, 2.24) is 10.4 Å². The fraction of sp³-hybridized carbons (Fsp3) is 0.583. The standard InChI is InChI=1S/C24H36N2O5Si/c1-7-10-30-24(29)22-20-17-13-15(27)8-9-16(17)18(14-19(20)25-26(2)3)21(22)23(28)31-11-12-32(4,5)6/h8-9,13,18,21-22,25,27H,7,10-12,14H2,1-6H3/t18?,21?,22-/m1/s1. The Morgan fingerprint density at radius 3 is 2.47 bits per heavy atom. The first-order valence-corrected chi connectivity index (χ1v) is 15.1. The molecule has 3 aliphatic rings. The van der Waals surface area contributed by atoms with Crippen molar-refractivity contribution >= 4 is 25.6 Å². The summed E-state index contributed by atoms with van der Waals surface area (Å²) in [5.41, 5.74) is 6.68. The van der Waals surface area contributed by atoms with Crippen molar-refractivity contribution in [3.8, 4) is 5.75 Å². The highest BCUT2D eigenvalue weighted by Gasteiger charge is 2.53. The molecule has 0 saturated heterocycles.